The minimum absolute atomic E-state index is 0.274. The van der Waals surface area contributed by atoms with Gasteiger partial charge in [0.15, 0.2) is 0 Å². The van der Waals surface area contributed by atoms with E-state index in [-0.39, 0.29) is 6.10 Å². The van der Waals surface area contributed by atoms with Crippen LogP contribution in [0.3, 0.4) is 0 Å². The van der Waals surface area contributed by atoms with E-state index in [9.17, 15) is 0 Å². The van der Waals surface area contributed by atoms with E-state index in [1.807, 2.05) is 26.8 Å². The van der Waals surface area contributed by atoms with E-state index in [2.05, 4.69) is 15.3 Å². The Kier molecular flexibility index (Phi) is 4.96. The molecule has 1 N–H and O–H groups in total. The first-order chi connectivity index (χ1) is 9.06. The number of nitrogens with zero attached hydrogens (tertiary/aromatic N) is 2. The molecule has 0 aliphatic rings. The lowest BCUT2D eigenvalue weighted by atomic mass is 10.4. The van der Waals surface area contributed by atoms with Gasteiger partial charge < -0.3 is 10.1 Å². The van der Waals surface area contributed by atoms with Crippen LogP contribution in [0.2, 0.25) is 5.15 Å². The summed E-state index contributed by atoms with van der Waals surface area (Å²) < 4.78 is 5.47. The second kappa shape index (κ2) is 6.50. The van der Waals surface area contributed by atoms with Crippen LogP contribution in [-0.2, 0) is 4.74 Å². The molecule has 6 heteroatoms. The van der Waals surface area contributed by atoms with Gasteiger partial charge >= 0.3 is 0 Å². The van der Waals surface area contributed by atoms with Gasteiger partial charge in [0.05, 0.1) is 6.10 Å². The number of nitrogens with one attached hydrogen (secondary N) is 1. The van der Waals surface area contributed by atoms with Gasteiger partial charge in [-0.25, -0.2) is 9.97 Å². The van der Waals surface area contributed by atoms with E-state index in [1.54, 1.807) is 11.3 Å². The highest BCUT2D eigenvalue weighted by molar-refractivity contribution is 7.18. The Hall–Kier alpha value is -0.910. The fourth-order valence-electron chi connectivity index (χ4n) is 1.68. The maximum Gasteiger partial charge on any atom is 0.225 e. The van der Waals surface area contributed by atoms with Gasteiger partial charge in [-0.15, -0.1) is 11.3 Å². The molecule has 0 amide bonds. The van der Waals surface area contributed by atoms with Crippen LogP contribution in [-0.4, -0.2) is 29.2 Å². The third-order valence-electron chi connectivity index (χ3n) is 2.52. The summed E-state index contributed by atoms with van der Waals surface area (Å²) in [4.78, 5) is 10.8. The van der Waals surface area contributed by atoms with E-state index in [0.29, 0.717) is 11.1 Å². The maximum absolute atomic E-state index is 6.15. The van der Waals surface area contributed by atoms with Gasteiger partial charge in [0.2, 0.25) is 5.95 Å². The van der Waals surface area contributed by atoms with Crippen molar-refractivity contribution in [3.63, 3.8) is 0 Å². The van der Waals surface area contributed by atoms with Crippen molar-refractivity contribution in [3.05, 3.63) is 16.1 Å². The van der Waals surface area contributed by atoms with Crippen LogP contribution in [0.1, 0.15) is 25.1 Å². The Balaban J connectivity index is 1.94. The quantitative estimate of drug-likeness (QED) is 0.649. The summed E-state index contributed by atoms with van der Waals surface area (Å²) in [7, 11) is 0. The van der Waals surface area contributed by atoms with E-state index in [0.717, 1.165) is 29.8 Å². The maximum atomic E-state index is 6.15. The number of aryl methyl sites for hydroxylation is 1. The molecule has 2 rings (SSSR count). The first-order valence-electron chi connectivity index (χ1n) is 6.35. The first-order valence-corrected chi connectivity index (χ1v) is 7.55. The third-order valence-corrected chi connectivity index (χ3v) is 3.76. The van der Waals surface area contributed by atoms with Crippen LogP contribution >= 0.6 is 22.9 Å². The van der Waals surface area contributed by atoms with Gasteiger partial charge in [-0.2, -0.15) is 0 Å². The average molecular weight is 300 g/mol. The SMILES string of the molecule is Cc1cc2c(Cl)nc(NCCCOC(C)C)nc2s1. The number of halogens is 1. The number of hydrogen-bond donors (Lipinski definition) is 1. The number of hydrogen-bond acceptors (Lipinski definition) is 5. The Morgan fingerprint density at radius 3 is 2.95 bits per heavy atom. The van der Waals surface area contributed by atoms with E-state index in [1.165, 1.54) is 4.88 Å². The van der Waals surface area contributed by atoms with Crippen LogP contribution in [0.5, 0.6) is 0 Å². The smallest absolute Gasteiger partial charge is 0.225 e. The molecule has 0 saturated heterocycles. The molecular weight excluding hydrogens is 282 g/mol. The summed E-state index contributed by atoms with van der Waals surface area (Å²) in [6.45, 7) is 7.61. The molecule has 0 saturated carbocycles. The molecule has 2 aromatic heterocycles. The zero-order valence-electron chi connectivity index (χ0n) is 11.4. The van der Waals surface area contributed by atoms with Crippen LogP contribution in [0.4, 0.5) is 5.95 Å². The summed E-state index contributed by atoms with van der Waals surface area (Å²) >= 11 is 7.78. The van der Waals surface area contributed by atoms with Gasteiger partial charge in [-0.05, 0) is 33.3 Å². The third kappa shape index (κ3) is 4.03. The highest BCUT2D eigenvalue weighted by Gasteiger charge is 2.08. The monoisotopic (exact) mass is 299 g/mol. The molecule has 0 aliphatic heterocycles. The molecule has 2 aromatic rings. The molecule has 0 spiro atoms. The molecule has 0 atom stereocenters. The summed E-state index contributed by atoms with van der Waals surface area (Å²) in [6, 6.07) is 2.02. The van der Waals surface area contributed by atoms with E-state index in [4.69, 9.17) is 16.3 Å². The highest BCUT2D eigenvalue weighted by atomic mass is 35.5. The topological polar surface area (TPSA) is 47.0 Å². The fourth-order valence-corrected chi connectivity index (χ4v) is 2.84. The lowest BCUT2D eigenvalue weighted by Crippen LogP contribution is -2.10. The van der Waals surface area contributed by atoms with Gasteiger partial charge in [-0.3, -0.25) is 0 Å². The predicted molar refractivity (Wildman–Crippen MR) is 81.4 cm³/mol. The van der Waals surface area contributed by atoms with Crippen LogP contribution in [0, 0.1) is 6.92 Å². The Morgan fingerprint density at radius 1 is 1.42 bits per heavy atom. The first kappa shape index (κ1) is 14.5. The van der Waals surface area contributed by atoms with Gasteiger partial charge in [-0.1, -0.05) is 11.6 Å². The van der Waals surface area contributed by atoms with Crippen molar-refractivity contribution in [2.24, 2.45) is 0 Å². The highest BCUT2D eigenvalue weighted by Crippen LogP contribution is 2.29. The Labute approximate surface area is 122 Å². The zero-order valence-corrected chi connectivity index (χ0v) is 12.9. The average Bonchev–Trinajstić information content (AvgIpc) is 2.69. The molecule has 0 fully saturated rings. The number of ether oxygens (including phenoxy) is 1. The van der Waals surface area contributed by atoms with Gasteiger partial charge in [0.25, 0.3) is 0 Å². The summed E-state index contributed by atoms with van der Waals surface area (Å²) in [5.41, 5.74) is 0. The van der Waals surface area contributed by atoms with Crippen LogP contribution in [0.15, 0.2) is 6.07 Å². The molecule has 0 bridgehead atoms. The number of thiophene rings is 1. The van der Waals surface area contributed by atoms with Crippen LogP contribution in [0.25, 0.3) is 10.2 Å². The Morgan fingerprint density at radius 2 is 2.21 bits per heavy atom. The Bertz CT molecular complexity index is 556. The zero-order chi connectivity index (χ0) is 13.8. The molecule has 19 heavy (non-hydrogen) atoms. The number of aromatic nitrogens is 2. The summed E-state index contributed by atoms with van der Waals surface area (Å²) in [6.07, 6.45) is 1.19. The van der Waals surface area contributed by atoms with Gasteiger partial charge in [0, 0.05) is 23.4 Å². The molecule has 104 valence electrons. The van der Waals surface area contributed by atoms with Crippen molar-refractivity contribution >= 4 is 39.1 Å². The molecule has 0 aliphatic carbocycles. The molecule has 0 radical (unpaired) electrons. The largest absolute Gasteiger partial charge is 0.379 e. The second-order valence-corrected chi connectivity index (χ2v) is 6.21. The standard InChI is InChI=1S/C13H18ClN3OS/c1-8(2)18-6-4-5-15-13-16-11(14)10-7-9(3)19-12(10)17-13/h7-8H,4-6H2,1-3H3,(H,15,16,17). The summed E-state index contributed by atoms with van der Waals surface area (Å²) in [5, 5.41) is 4.62. The predicted octanol–water partition coefficient (Wildman–Crippen LogP) is 3.88. The minimum atomic E-state index is 0.274. The second-order valence-electron chi connectivity index (χ2n) is 4.61. The lowest BCUT2D eigenvalue weighted by Gasteiger charge is -2.08. The summed E-state index contributed by atoms with van der Waals surface area (Å²) in [5.74, 6) is 0.587. The fraction of sp³-hybridized carbons (Fsp3) is 0.538. The van der Waals surface area contributed by atoms with Crippen molar-refractivity contribution < 1.29 is 4.74 Å². The van der Waals surface area contributed by atoms with E-state index < -0.39 is 0 Å². The van der Waals surface area contributed by atoms with Crippen LogP contribution < -0.4 is 5.32 Å². The normalized spacial score (nSPS) is 11.4. The van der Waals surface area contributed by atoms with Crippen molar-refractivity contribution in [1.29, 1.82) is 0 Å². The van der Waals surface area contributed by atoms with Crippen molar-refractivity contribution in [3.8, 4) is 0 Å². The number of anilines is 1. The molecule has 0 unspecified atom stereocenters. The van der Waals surface area contributed by atoms with Gasteiger partial charge in [0.1, 0.15) is 9.98 Å². The molecule has 4 nitrogen and oxygen atoms in total. The van der Waals surface area contributed by atoms with Crippen molar-refractivity contribution in [2.45, 2.75) is 33.3 Å². The van der Waals surface area contributed by atoms with Crippen molar-refractivity contribution in [1.82, 2.24) is 9.97 Å². The number of rotatable bonds is 6. The lowest BCUT2D eigenvalue weighted by molar-refractivity contribution is 0.0787. The molecular formula is C13H18ClN3OS. The molecule has 0 aromatic carbocycles. The minimum Gasteiger partial charge on any atom is -0.379 e. The van der Waals surface area contributed by atoms with Crippen molar-refractivity contribution in [2.75, 3.05) is 18.5 Å². The molecule has 2 heterocycles. The van der Waals surface area contributed by atoms with E-state index >= 15 is 0 Å². The number of fused-ring (bicyclic) bond motifs is 1.